The molecule has 1 aliphatic rings. The molecule has 1 saturated carbocycles. The quantitative estimate of drug-likeness (QED) is 0.714. The van der Waals surface area contributed by atoms with E-state index < -0.39 is 17.4 Å². The van der Waals surface area contributed by atoms with E-state index in [0.717, 1.165) is 24.0 Å². The van der Waals surface area contributed by atoms with Crippen LogP contribution >= 0.6 is 0 Å². The molecule has 0 radical (unpaired) electrons. The van der Waals surface area contributed by atoms with Gasteiger partial charge in [0.05, 0.1) is 19.6 Å². The Bertz CT molecular complexity index is 859. The summed E-state index contributed by atoms with van der Waals surface area (Å²) in [7, 11) is 3.12. The van der Waals surface area contributed by atoms with Crippen molar-refractivity contribution in [1.82, 2.24) is 5.32 Å². The minimum Gasteiger partial charge on any atom is -0.493 e. The molecule has 1 aliphatic carbocycles. The average Bonchev–Trinajstić information content (AvgIpc) is 3.24. The maximum Gasteiger partial charge on any atom is 0.326 e. The number of carboxylic acids is 1. The highest BCUT2D eigenvalue weighted by Crippen LogP contribution is 2.44. The summed E-state index contributed by atoms with van der Waals surface area (Å²) in [5.74, 6) is -0.131. The van der Waals surface area contributed by atoms with Gasteiger partial charge in [-0.1, -0.05) is 49.2 Å². The second-order valence-corrected chi connectivity index (χ2v) is 7.41. The maximum atomic E-state index is 13.4. The van der Waals surface area contributed by atoms with Crippen molar-refractivity contribution in [3.63, 3.8) is 0 Å². The Hall–Kier alpha value is -3.02. The van der Waals surface area contributed by atoms with E-state index in [-0.39, 0.29) is 12.3 Å². The number of ether oxygens (including phenoxy) is 2. The monoisotopic (exact) mass is 397 g/mol. The Morgan fingerprint density at radius 3 is 2.28 bits per heavy atom. The number of methoxy groups -OCH3 is 2. The summed E-state index contributed by atoms with van der Waals surface area (Å²) in [6.07, 6.45) is 3.41. The van der Waals surface area contributed by atoms with Crippen LogP contribution in [0.2, 0.25) is 0 Å². The number of hydrogen-bond donors (Lipinski definition) is 2. The predicted molar refractivity (Wildman–Crippen MR) is 109 cm³/mol. The highest BCUT2D eigenvalue weighted by molar-refractivity contribution is 5.92. The maximum absolute atomic E-state index is 13.4. The lowest BCUT2D eigenvalue weighted by molar-refractivity contribution is -0.142. The molecule has 0 aromatic heterocycles. The van der Waals surface area contributed by atoms with E-state index in [2.05, 4.69) is 5.32 Å². The molecular weight excluding hydrogens is 370 g/mol. The molecule has 154 valence electrons. The fourth-order valence-corrected chi connectivity index (χ4v) is 4.11. The summed E-state index contributed by atoms with van der Waals surface area (Å²) < 4.78 is 10.7. The number of benzene rings is 2. The Morgan fingerprint density at radius 1 is 1.03 bits per heavy atom. The zero-order valence-electron chi connectivity index (χ0n) is 16.8. The first-order valence-electron chi connectivity index (χ1n) is 9.80. The molecule has 1 atom stereocenters. The van der Waals surface area contributed by atoms with Crippen LogP contribution in [-0.4, -0.2) is 37.2 Å². The molecule has 6 nitrogen and oxygen atoms in total. The number of aliphatic carboxylic acids is 1. The molecule has 1 unspecified atom stereocenters. The Kier molecular flexibility index (Phi) is 6.42. The van der Waals surface area contributed by atoms with Gasteiger partial charge in [0.1, 0.15) is 6.04 Å². The normalized spacial score (nSPS) is 16.1. The second-order valence-electron chi connectivity index (χ2n) is 7.41. The first kappa shape index (κ1) is 20.7. The SMILES string of the molecule is COc1ccc(C2(C(=O)NC(Cc3ccccc3)C(=O)O)CCCC2)cc1OC. The smallest absolute Gasteiger partial charge is 0.326 e. The molecular formula is C23H27NO5. The molecule has 2 aromatic carbocycles. The molecule has 29 heavy (non-hydrogen) atoms. The molecule has 0 heterocycles. The Labute approximate surface area is 170 Å². The average molecular weight is 397 g/mol. The van der Waals surface area contributed by atoms with E-state index >= 15 is 0 Å². The summed E-state index contributed by atoms with van der Waals surface area (Å²) in [5.41, 5.74) is 0.935. The van der Waals surface area contributed by atoms with Gasteiger partial charge in [0, 0.05) is 6.42 Å². The summed E-state index contributed by atoms with van der Waals surface area (Å²) >= 11 is 0. The largest absolute Gasteiger partial charge is 0.493 e. The fraction of sp³-hybridized carbons (Fsp3) is 0.391. The molecule has 0 aliphatic heterocycles. The van der Waals surface area contributed by atoms with Gasteiger partial charge in [0.2, 0.25) is 5.91 Å². The van der Waals surface area contributed by atoms with Gasteiger partial charge in [-0.3, -0.25) is 4.79 Å². The van der Waals surface area contributed by atoms with Crippen molar-refractivity contribution >= 4 is 11.9 Å². The van der Waals surface area contributed by atoms with E-state index in [9.17, 15) is 14.7 Å². The number of carboxylic acid groups (broad SMARTS) is 1. The lowest BCUT2D eigenvalue weighted by atomic mass is 9.77. The fourth-order valence-electron chi connectivity index (χ4n) is 4.11. The molecule has 6 heteroatoms. The van der Waals surface area contributed by atoms with Crippen LogP contribution in [0.3, 0.4) is 0 Å². The second kappa shape index (κ2) is 8.99. The minimum absolute atomic E-state index is 0.240. The highest BCUT2D eigenvalue weighted by atomic mass is 16.5. The van der Waals surface area contributed by atoms with E-state index in [0.29, 0.717) is 24.3 Å². The summed E-state index contributed by atoms with van der Waals surface area (Å²) in [6.45, 7) is 0. The number of carbonyl (C=O) groups excluding carboxylic acids is 1. The first-order chi connectivity index (χ1) is 14.0. The molecule has 2 aromatic rings. The van der Waals surface area contributed by atoms with Crippen LogP contribution in [0.25, 0.3) is 0 Å². The van der Waals surface area contributed by atoms with Crippen LogP contribution in [0.15, 0.2) is 48.5 Å². The van der Waals surface area contributed by atoms with Crippen LogP contribution in [0.1, 0.15) is 36.8 Å². The third-order valence-corrected chi connectivity index (χ3v) is 5.71. The van der Waals surface area contributed by atoms with Crippen molar-refractivity contribution in [1.29, 1.82) is 0 Å². The van der Waals surface area contributed by atoms with Crippen molar-refractivity contribution in [2.45, 2.75) is 43.6 Å². The number of rotatable bonds is 8. The summed E-state index contributed by atoms with van der Waals surface area (Å²) in [4.78, 5) is 25.2. The first-order valence-corrected chi connectivity index (χ1v) is 9.80. The molecule has 0 spiro atoms. The van der Waals surface area contributed by atoms with Crippen LogP contribution in [-0.2, 0) is 21.4 Å². The van der Waals surface area contributed by atoms with E-state index in [1.54, 1.807) is 20.3 Å². The van der Waals surface area contributed by atoms with Crippen molar-refractivity contribution in [2.75, 3.05) is 14.2 Å². The van der Waals surface area contributed by atoms with Gasteiger partial charge in [0.15, 0.2) is 11.5 Å². The van der Waals surface area contributed by atoms with Gasteiger partial charge in [-0.15, -0.1) is 0 Å². The predicted octanol–water partition coefficient (Wildman–Crippen LogP) is 3.33. The van der Waals surface area contributed by atoms with Gasteiger partial charge in [0.25, 0.3) is 0 Å². The molecule has 0 saturated heterocycles. The highest BCUT2D eigenvalue weighted by Gasteiger charge is 2.44. The van der Waals surface area contributed by atoms with Gasteiger partial charge >= 0.3 is 5.97 Å². The summed E-state index contributed by atoms with van der Waals surface area (Å²) in [6, 6.07) is 13.8. The standard InChI is InChI=1S/C23H27NO5/c1-28-19-11-10-17(15-20(19)29-2)23(12-6-7-13-23)22(27)24-18(21(25)26)14-16-8-4-3-5-9-16/h3-5,8-11,15,18H,6-7,12-14H2,1-2H3,(H,24,27)(H,25,26). The topological polar surface area (TPSA) is 84.9 Å². The van der Waals surface area contributed by atoms with Crippen LogP contribution < -0.4 is 14.8 Å². The lowest BCUT2D eigenvalue weighted by Gasteiger charge is -2.30. The lowest BCUT2D eigenvalue weighted by Crippen LogP contribution is -2.50. The minimum atomic E-state index is -1.04. The van der Waals surface area contributed by atoms with E-state index in [4.69, 9.17) is 9.47 Å². The molecule has 1 fully saturated rings. The molecule has 3 rings (SSSR count). The van der Waals surface area contributed by atoms with Crippen LogP contribution in [0.5, 0.6) is 11.5 Å². The number of amides is 1. The van der Waals surface area contributed by atoms with Crippen LogP contribution in [0.4, 0.5) is 0 Å². The molecule has 1 amide bonds. The van der Waals surface area contributed by atoms with Crippen molar-refractivity contribution < 1.29 is 24.2 Å². The third-order valence-electron chi connectivity index (χ3n) is 5.71. The van der Waals surface area contributed by atoms with Crippen molar-refractivity contribution in [3.8, 4) is 11.5 Å². The summed E-state index contributed by atoms with van der Waals surface area (Å²) in [5, 5.41) is 12.5. The number of carbonyl (C=O) groups is 2. The Morgan fingerprint density at radius 2 is 1.69 bits per heavy atom. The zero-order chi connectivity index (χ0) is 20.9. The van der Waals surface area contributed by atoms with Gasteiger partial charge in [-0.2, -0.15) is 0 Å². The van der Waals surface area contributed by atoms with Crippen molar-refractivity contribution in [3.05, 3.63) is 59.7 Å². The third kappa shape index (κ3) is 4.36. The van der Waals surface area contributed by atoms with Crippen molar-refractivity contribution in [2.24, 2.45) is 0 Å². The Balaban J connectivity index is 1.88. The number of hydrogen-bond acceptors (Lipinski definition) is 4. The van der Waals surface area contributed by atoms with Gasteiger partial charge < -0.3 is 19.9 Å². The molecule has 2 N–H and O–H groups in total. The van der Waals surface area contributed by atoms with Crippen LogP contribution in [0, 0.1) is 0 Å². The number of nitrogens with one attached hydrogen (secondary N) is 1. The van der Waals surface area contributed by atoms with Gasteiger partial charge in [-0.05, 0) is 36.1 Å². The van der Waals surface area contributed by atoms with E-state index in [1.165, 1.54) is 0 Å². The van der Waals surface area contributed by atoms with Gasteiger partial charge in [-0.25, -0.2) is 4.79 Å². The van der Waals surface area contributed by atoms with E-state index in [1.807, 2.05) is 42.5 Å². The zero-order valence-corrected chi connectivity index (χ0v) is 16.8. The molecule has 0 bridgehead atoms.